The smallest absolute Gasteiger partial charge is 0.317 e. The van der Waals surface area contributed by atoms with Crippen LogP contribution in [-0.2, 0) is 9.53 Å². The number of nitrogens with zero attached hydrogens (tertiary/aromatic N) is 1. The molecule has 116 valence electrons. The van der Waals surface area contributed by atoms with Crippen LogP contribution < -0.4 is 5.32 Å². The van der Waals surface area contributed by atoms with Gasteiger partial charge in [0.05, 0.1) is 17.6 Å². The summed E-state index contributed by atoms with van der Waals surface area (Å²) in [6, 6.07) is -0.392. The van der Waals surface area contributed by atoms with Crippen molar-refractivity contribution in [1.82, 2.24) is 10.2 Å². The Labute approximate surface area is 118 Å². The molecule has 20 heavy (non-hydrogen) atoms. The van der Waals surface area contributed by atoms with Crippen LogP contribution in [0.15, 0.2) is 0 Å². The highest BCUT2D eigenvalue weighted by Crippen LogP contribution is 2.30. The van der Waals surface area contributed by atoms with Gasteiger partial charge in [-0.2, -0.15) is 0 Å². The quantitative estimate of drug-likeness (QED) is 0.675. The van der Waals surface area contributed by atoms with Gasteiger partial charge in [0.2, 0.25) is 0 Å². The Hall–Kier alpha value is -1.34. The predicted octanol–water partition coefficient (Wildman–Crippen LogP) is 0.280. The monoisotopic (exact) mass is 288 g/mol. The summed E-state index contributed by atoms with van der Waals surface area (Å²) in [7, 11) is 1.57. The molecule has 1 fully saturated rings. The van der Waals surface area contributed by atoms with E-state index in [1.54, 1.807) is 20.9 Å². The Bertz CT molecular complexity index is 364. The molecule has 0 aromatic heterocycles. The molecule has 3 N–H and O–H groups in total. The maximum absolute atomic E-state index is 12.0. The van der Waals surface area contributed by atoms with Crippen LogP contribution in [0.5, 0.6) is 0 Å². The molecule has 0 atom stereocenters. The first-order chi connectivity index (χ1) is 9.25. The largest absolute Gasteiger partial charge is 0.481 e. The maximum Gasteiger partial charge on any atom is 0.317 e. The van der Waals surface area contributed by atoms with Crippen molar-refractivity contribution in [2.75, 3.05) is 33.4 Å². The normalized spacial score (nSPS) is 18.4. The molecule has 0 radical (unpaired) electrons. The lowest BCUT2D eigenvalue weighted by molar-refractivity contribution is -0.154. The minimum Gasteiger partial charge on any atom is -0.481 e. The maximum atomic E-state index is 12.0. The molecule has 0 saturated carbocycles. The second-order valence-corrected chi connectivity index (χ2v) is 5.89. The Balaban J connectivity index is 2.64. The second kappa shape index (κ2) is 6.41. The molecule has 7 heteroatoms. The molecule has 1 heterocycles. The molecule has 0 aromatic rings. The first kappa shape index (κ1) is 16.7. The molecular formula is C13H24N2O5. The Morgan fingerprint density at radius 3 is 2.35 bits per heavy atom. The van der Waals surface area contributed by atoms with Gasteiger partial charge in [0.15, 0.2) is 0 Å². The highest BCUT2D eigenvalue weighted by Gasteiger charge is 2.41. The number of carboxylic acid groups (broad SMARTS) is 1. The lowest BCUT2D eigenvalue weighted by atomic mass is 9.80. The van der Waals surface area contributed by atoms with E-state index in [4.69, 9.17) is 4.74 Å². The number of nitrogens with one attached hydrogen (secondary N) is 1. The van der Waals surface area contributed by atoms with Crippen LogP contribution in [0.4, 0.5) is 4.79 Å². The standard InChI is InChI=1S/C13H24N2O5/c1-12(2,9-16)15(3)11(19)14-8-13(10(17)18)4-6-20-7-5-13/h16H,4-9H2,1-3H3,(H,14,19)(H,17,18). The minimum atomic E-state index is -0.960. The van der Waals surface area contributed by atoms with E-state index in [0.717, 1.165) is 0 Å². The van der Waals surface area contributed by atoms with Gasteiger partial charge in [-0.25, -0.2) is 4.79 Å². The highest BCUT2D eigenvalue weighted by atomic mass is 16.5. The van der Waals surface area contributed by atoms with E-state index >= 15 is 0 Å². The highest BCUT2D eigenvalue weighted by molar-refractivity contribution is 5.78. The first-order valence-corrected chi connectivity index (χ1v) is 6.69. The van der Waals surface area contributed by atoms with Crippen LogP contribution in [0.1, 0.15) is 26.7 Å². The van der Waals surface area contributed by atoms with Gasteiger partial charge < -0.3 is 25.2 Å². The van der Waals surface area contributed by atoms with E-state index in [1.165, 1.54) is 4.90 Å². The number of carboxylic acids is 1. The number of urea groups is 1. The van der Waals surface area contributed by atoms with Crippen LogP contribution in [0.2, 0.25) is 0 Å². The van der Waals surface area contributed by atoms with Gasteiger partial charge in [-0.3, -0.25) is 4.79 Å². The second-order valence-electron chi connectivity index (χ2n) is 5.89. The van der Waals surface area contributed by atoms with Crippen LogP contribution in [-0.4, -0.2) is 66.1 Å². The molecule has 1 saturated heterocycles. The molecule has 1 rings (SSSR count). The zero-order valence-corrected chi connectivity index (χ0v) is 12.3. The number of aliphatic carboxylic acids is 1. The van der Waals surface area contributed by atoms with Crippen molar-refractivity contribution in [2.24, 2.45) is 5.41 Å². The van der Waals surface area contributed by atoms with E-state index in [-0.39, 0.29) is 13.2 Å². The molecule has 0 bridgehead atoms. The third-order valence-corrected chi connectivity index (χ3v) is 4.08. The summed E-state index contributed by atoms with van der Waals surface area (Å²) in [5, 5.41) is 21.3. The van der Waals surface area contributed by atoms with Gasteiger partial charge in [-0.1, -0.05) is 0 Å². The van der Waals surface area contributed by atoms with E-state index in [2.05, 4.69) is 5.32 Å². The fraction of sp³-hybridized carbons (Fsp3) is 0.846. The zero-order valence-electron chi connectivity index (χ0n) is 12.3. The van der Waals surface area contributed by atoms with Gasteiger partial charge in [-0.15, -0.1) is 0 Å². The Morgan fingerprint density at radius 1 is 1.35 bits per heavy atom. The van der Waals surface area contributed by atoms with Crippen molar-refractivity contribution in [2.45, 2.75) is 32.2 Å². The summed E-state index contributed by atoms with van der Waals surface area (Å²) in [4.78, 5) is 24.9. The van der Waals surface area contributed by atoms with Gasteiger partial charge >= 0.3 is 12.0 Å². The molecule has 0 spiro atoms. The molecule has 2 amide bonds. The van der Waals surface area contributed by atoms with E-state index in [0.29, 0.717) is 26.1 Å². The predicted molar refractivity (Wildman–Crippen MR) is 72.4 cm³/mol. The van der Waals surface area contributed by atoms with Crippen molar-refractivity contribution in [3.63, 3.8) is 0 Å². The van der Waals surface area contributed by atoms with Crippen LogP contribution in [0, 0.1) is 5.41 Å². The molecule has 1 aliphatic heterocycles. The summed E-state index contributed by atoms with van der Waals surface area (Å²) >= 11 is 0. The Morgan fingerprint density at radius 2 is 1.90 bits per heavy atom. The first-order valence-electron chi connectivity index (χ1n) is 6.69. The summed E-state index contributed by atoms with van der Waals surface area (Å²) in [5.74, 6) is -0.912. The molecular weight excluding hydrogens is 264 g/mol. The van der Waals surface area contributed by atoms with Crippen molar-refractivity contribution in [3.8, 4) is 0 Å². The average Bonchev–Trinajstić information content (AvgIpc) is 2.44. The lowest BCUT2D eigenvalue weighted by Crippen LogP contribution is -2.54. The van der Waals surface area contributed by atoms with E-state index in [9.17, 15) is 19.8 Å². The number of aliphatic hydroxyl groups is 1. The number of carbonyl (C=O) groups is 2. The molecule has 1 aliphatic rings. The summed E-state index contributed by atoms with van der Waals surface area (Å²) in [6.07, 6.45) is 0.769. The van der Waals surface area contributed by atoms with Crippen LogP contribution in [0.25, 0.3) is 0 Å². The molecule has 0 unspecified atom stereocenters. The number of hydrogen-bond acceptors (Lipinski definition) is 4. The summed E-state index contributed by atoms with van der Waals surface area (Å²) < 4.78 is 5.18. The average molecular weight is 288 g/mol. The number of ether oxygens (including phenoxy) is 1. The SMILES string of the molecule is CN(C(=O)NCC1(C(=O)O)CCOCC1)C(C)(C)CO. The van der Waals surface area contributed by atoms with Crippen LogP contribution in [0.3, 0.4) is 0 Å². The molecule has 0 aliphatic carbocycles. The molecule has 7 nitrogen and oxygen atoms in total. The van der Waals surface area contributed by atoms with Gasteiger partial charge in [0.1, 0.15) is 0 Å². The third-order valence-electron chi connectivity index (χ3n) is 4.08. The fourth-order valence-corrected chi connectivity index (χ4v) is 1.97. The number of likely N-dealkylation sites (N-methyl/N-ethyl adjacent to an activating group) is 1. The summed E-state index contributed by atoms with van der Waals surface area (Å²) in [5.41, 5.74) is -1.66. The van der Waals surface area contributed by atoms with Crippen molar-refractivity contribution < 1.29 is 24.5 Å². The van der Waals surface area contributed by atoms with Gasteiger partial charge in [0, 0.05) is 26.8 Å². The van der Waals surface area contributed by atoms with E-state index in [1.807, 2.05) is 0 Å². The van der Waals surface area contributed by atoms with Crippen molar-refractivity contribution in [3.05, 3.63) is 0 Å². The van der Waals surface area contributed by atoms with Crippen LogP contribution >= 0.6 is 0 Å². The van der Waals surface area contributed by atoms with Gasteiger partial charge in [-0.05, 0) is 26.7 Å². The zero-order chi connectivity index (χ0) is 15.4. The van der Waals surface area contributed by atoms with E-state index < -0.39 is 23.0 Å². The molecule has 0 aromatic carbocycles. The van der Waals surface area contributed by atoms with Gasteiger partial charge in [0.25, 0.3) is 0 Å². The number of carbonyl (C=O) groups excluding carboxylic acids is 1. The summed E-state index contributed by atoms with van der Waals surface area (Å²) in [6.45, 7) is 4.13. The van der Waals surface area contributed by atoms with Crippen molar-refractivity contribution >= 4 is 12.0 Å². The fourth-order valence-electron chi connectivity index (χ4n) is 1.97. The topological polar surface area (TPSA) is 99.1 Å². The van der Waals surface area contributed by atoms with Crippen molar-refractivity contribution in [1.29, 1.82) is 0 Å². The third kappa shape index (κ3) is 3.61. The number of aliphatic hydroxyl groups excluding tert-OH is 1. The number of hydrogen-bond donors (Lipinski definition) is 3. The Kier molecular flexibility index (Phi) is 5.35. The lowest BCUT2D eigenvalue weighted by Gasteiger charge is -2.37. The minimum absolute atomic E-state index is 0.0658. The number of amides is 2. The number of rotatable bonds is 5.